The first-order valence-corrected chi connectivity index (χ1v) is 19.0. The second kappa shape index (κ2) is 34.4. The molecular formula is C38H74O4. The van der Waals surface area contributed by atoms with Crippen LogP contribution in [0.1, 0.15) is 226 Å². The Morgan fingerprint density at radius 3 is 1.07 bits per heavy atom. The van der Waals surface area contributed by atoms with E-state index in [-0.39, 0.29) is 18.5 Å². The summed E-state index contributed by atoms with van der Waals surface area (Å²) in [6, 6.07) is 0. The first kappa shape index (κ1) is 40.9. The summed E-state index contributed by atoms with van der Waals surface area (Å²) in [5, 5.41) is 8.93. The summed E-state index contributed by atoms with van der Waals surface area (Å²) in [6.07, 6.45) is 39.7. The van der Waals surface area contributed by atoms with Crippen LogP contribution in [0.15, 0.2) is 0 Å². The Labute approximate surface area is 262 Å². The van der Waals surface area contributed by atoms with E-state index in [9.17, 15) is 9.59 Å². The Morgan fingerprint density at radius 1 is 0.429 bits per heavy atom. The summed E-state index contributed by atoms with van der Waals surface area (Å²) >= 11 is 0. The zero-order valence-corrected chi connectivity index (χ0v) is 28.6. The Bertz CT molecular complexity index is 561. The molecule has 0 aromatic rings. The van der Waals surface area contributed by atoms with Crippen LogP contribution in [-0.4, -0.2) is 23.1 Å². The first-order chi connectivity index (χ1) is 20.6. The van der Waals surface area contributed by atoms with Crippen LogP contribution in [0.25, 0.3) is 0 Å². The second-order valence-corrected chi connectivity index (χ2v) is 13.1. The molecule has 0 aliphatic carbocycles. The normalized spacial score (nSPS) is 12.0. The van der Waals surface area contributed by atoms with Crippen molar-refractivity contribution in [1.29, 1.82) is 0 Å². The highest BCUT2D eigenvalue weighted by Crippen LogP contribution is 2.19. The molecule has 1 atom stereocenters. The number of hydrogen-bond acceptors (Lipinski definition) is 3. The third-order valence-corrected chi connectivity index (χ3v) is 8.83. The average Bonchev–Trinajstić information content (AvgIpc) is 2.97. The van der Waals surface area contributed by atoms with Gasteiger partial charge in [-0.1, -0.05) is 174 Å². The van der Waals surface area contributed by atoms with E-state index >= 15 is 0 Å². The van der Waals surface area contributed by atoms with Gasteiger partial charge in [-0.2, -0.15) is 0 Å². The number of carboxylic acids is 1. The number of esters is 1. The zero-order chi connectivity index (χ0) is 30.8. The number of unbranched alkanes of at least 4 members (excludes halogenated alkanes) is 26. The van der Waals surface area contributed by atoms with Gasteiger partial charge in [0, 0.05) is 12.8 Å². The molecule has 0 heterocycles. The van der Waals surface area contributed by atoms with Gasteiger partial charge in [-0.3, -0.25) is 9.59 Å². The van der Waals surface area contributed by atoms with Crippen LogP contribution in [-0.2, 0) is 14.3 Å². The Balaban J connectivity index is 3.85. The lowest BCUT2D eigenvalue weighted by Crippen LogP contribution is -2.18. The van der Waals surface area contributed by atoms with Crippen LogP contribution in [0.3, 0.4) is 0 Å². The van der Waals surface area contributed by atoms with Crippen LogP contribution in [0.2, 0.25) is 0 Å². The Hall–Kier alpha value is -1.06. The summed E-state index contributed by atoms with van der Waals surface area (Å²) in [5.41, 5.74) is 0. The van der Waals surface area contributed by atoms with Gasteiger partial charge >= 0.3 is 11.9 Å². The molecule has 0 aromatic heterocycles. The van der Waals surface area contributed by atoms with Gasteiger partial charge in [0.25, 0.3) is 0 Å². The minimum absolute atomic E-state index is 0.0365. The number of rotatable bonds is 35. The summed E-state index contributed by atoms with van der Waals surface area (Å²) in [4.78, 5) is 23.4. The third-order valence-electron chi connectivity index (χ3n) is 8.83. The summed E-state index contributed by atoms with van der Waals surface area (Å²) in [7, 11) is 0. The fraction of sp³-hybridized carbons (Fsp3) is 0.947. The molecule has 1 N–H and O–H groups in total. The lowest BCUT2D eigenvalue weighted by atomic mass is 10.0. The minimum atomic E-state index is -0.738. The number of ether oxygens (including phenoxy) is 1. The maximum Gasteiger partial charge on any atom is 0.306 e. The quantitative estimate of drug-likeness (QED) is 0.0585. The highest BCUT2D eigenvalue weighted by molar-refractivity contribution is 5.69. The molecule has 1 unspecified atom stereocenters. The van der Waals surface area contributed by atoms with Crippen LogP contribution in [0.5, 0.6) is 0 Å². The van der Waals surface area contributed by atoms with Gasteiger partial charge in [-0.05, 0) is 38.5 Å². The average molecular weight is 595 g/mol. The summed E-state index contributed by atoms with van der Waals surface area (Å²) in [5.74, 6) is -0.787. The van der Waals surface area contributed by atoms with Gasteiger partial charge in [0.05, 0.1) is 0 Å². The molecular weight excluding hydrogens is 520 g/mol. The zero-order valence-electron chi connectivity index (χ0n) is 28.6. The van der Waals surface area contributed by atoms with E-state index in [4.69, 9.17) is 9.84 Å². The number of carbonyl (C=O) groups excluding carboxylic acids is 1. The van der Waals surface area contributed by atoms with Crippen molar-refractivity contribution < 1.29 is 19.4 Å². The van der Waals surface area contributed by atoms with E-state index < -0.39 is 5.97 Å². The fourth-order valence-corrected chi connectivity index (χ4v) is 6.01. The predicted octanol–water partition coefficient (Wildman–Crippen LogP) is 12.9. The third kappa shape index (κ3) is 33.4. The lowest BCUT2D eigenvalue weighted by molar-refractivity contribution is -0.150. The molecule has 4 nitrogen and oxygen atoms in total. The standard InChI is InChI=1S/C38H74O4/c1-3-5-7-9-11-13-15-17-19-20-22-24-26-28-32-36(33-30-31-34-37(39)40)42-38(41)35-29-27-25-23-21-18-16-14-12-10-8-6-4-2/h36H,3-35H2,1-2H3,(H,39,40). The van der Waals surface area contributed by atoms with Crippen LogP contribution in [0, 0.1) is 0 Å². The highest BCUT2D eigenvalue weighted by Gasteiger charge is 2.14. The van der Waals surface area contributed by atoms with Gasteiger partial charge in [0.15, 0.2) is 0 Å². The van der Waals surface area contributed by atoms with E-state index in [1.165, 1.54) is 154 Å². The Kier molecular flexibility index (Phi) is 33.6. The van der Waals surface area contributed by atoms with Crippen LogP contribution >= 0.6 is 0 Å². The van der Waals surface area contributed by atoms with E-state index in [0.717, 1.165) is 38.5 Å². The molecule has 4 heteroatoms. The van der Waals surface area contributed by atoms with Gasteiger partial charge in [-0.15, -0.1) is 0 Å². The molecule has 42 heavy (non-hydrogen) atoms. The molecule has 250 valence electrons. The van der Waals surface area contributed by atoms with Crippen molar-refractivity contribution in [2.24, 2.45) is 0 Å². The van der Waals surface area contributed by atoms with Crippen molar-refractivity contribution in [2.75, 3.05) is 0 Å². The number of carboxylic acid groups (broad SMARTS) is 1. The molecule has 0 radical (unpaired) electrons. The summed E-state index contributed by atoms with van der Waals surface area (Å²) in [6.45, 7) is 4.55. The van der Waals surface area contributed by atoms with Gasteiger partial charge in [0.2, 0.25) is 0 Å². The highest BCUT2D eigenvalue weighted by atomic mass is 16.5. The molecule has 0 rings (SSSR count). The second-order valence-electron chi connectivity index (χ2n) is 13.1. The number of aliphatic carboxylic acids is 1. The monoisotopic (exact) mass is 595 g/mol. The lowest BCUT2D eigenvalue weighted by Gasteiger charge is -2.18. The van der Waals surface area contributed by atoms with Gasteiger partial charge < -0.3 is 9.84 Å². The maximum atomic E-state index is 12.5. The van der Waals surface area contributed by atoms with Crippen molar-refractivity contribution in [2.45, 2.75) is 232 Å². The molecule has 0 aliphatic rings. The number of carbonyl (C=O) groups is 2. The molecule has 0 bridgehead atoms. The van der Waals surface area contributed by atoms with E-state index in [0.29, 0.717) is 12.8 Å². The van der Waals surface area contributed by atoms with E-state index in [1.54, 1.807) is 0 Å². The first-order valence-electron chi connectivity index (χ1n) is 19.0. The SMILES string of the molecule is CCCCCCCCCCCCCCCCC(CCCCC(=O)O)OC(=O)CCCCCCCCCCCCCCC. The molecule has 0 saturated heterocycles. The molecule has 0 saturated carbocycles. The molecule has 0 aromatic carbocycles. The van der Waals surface area contributed by atoms with Crippen molar-refractivity contribution in [3.05, 3.63) is 0 Å². The maximum absolute atomic E-state index is 12.5. The van der Waals surface area contributed by atoms with E-state index in [1.807, 2.05) is 0 Å². The van der Waals surface area contributed by atoms with Crippen LogP contribution in [0.4, 0.5) is 0 Å². The summed E-state index contributed by atoms with van der Waals surface area (Å²) < 4.78 is 5.89. The number of hydrogen-bond donors (Lipinski definition) is 1. The van der Waals surface area contributed by atoms with Crippen molar-refractivity contribution in [1.82, 2.24) is 0 Å². The smallest absolute Gasteiger partial charge is 0.306 e. The topological polar surface area (TPSA) is 63.6 Å². The van der Waals surface area contributed by atoms with E-state index in [2.05, 4.69) is 13.8 Å². The predicted molar refractivity (Wildman–Crippen MR) is 181 cm³/mol. The van der Waals surface area contributed by atoms with Gasteiger partial charge in [0.1, 0.15) is 6.10 Å². The van der Waals surface area contributed by atoms with Crippen molar-refractivity contribution in [3.8, 4) is 0 Å². The van der Waals surface area contributed by atoms with Crippen LogP contribution < -0.4 is 0 Å². The Morgan fingerprint density at radius 2 is 0.714 bits per heavy atom. The fourth-order valence-electron chi connectivity index (χ4n) is 6.01. The minimum Gasteiger partial charge on any atom is -0.481 e. The van der Waals surface area contributed by atoms with Crippen molar-refractivity contribution in [3.63, 3.8) is 0 Å². The largest absolute Gasteiger partial charge is 0.481 e. The molecule has 0 amide bonds. The van der Waals surface area contributed by atoms with Crippen molar-refractivity contribution >= 4 is 11.9 Å². The molecule has 0 fully saturated rings. The molecule has 0 aliphatic heterocycles. The molecule has 0 spiro atoms. The van der Waals surface area contributed by atoms with Gasteiger partial charge in [-0.25, -0.2) is 0 Å².